The maximum absolute atomic E-state index is 4.77. The van der Waals surface area contributed by atoms with Crippen molar-refractivity contribution in [3.05, 3.63) is 192 Å². The Bertz CT molecular complexity index is 2820. The zero-order valence-corrected chi connectivity index (χ0v) is 33.0. The van der Waals surface area contributed by atoms with Crippen molar-refractivity contribution in [2.45, 2.75) is 52.4 Å². The summed E-state index contributed by atoms with van der Waals surface area (Å²) in [5.41, 5.74) is 14.9. The van der Waals surface area contributed by atoms with Crippen molar-refractivity contribution in [2.24, 2.45) is 0 Å². The van der Waals surface area contributed by atoms with E-state index in [0.29, 0.717) is 11.8 Å². The Labute approximate surface area is 334 Å². The molecule has 0 N–H and O–H groups in total. The predicted octanol–water partition coefficient (Wildman–Crippen LogP) is 14.0. The molecule has 57 heavy (non-hydrogen) atoms. The lowest BCUT2D eigenvalue weighted by molar-refractivity contribution is 0.544. The van der Waals surface area contributed by atoms with E-state index in [1.165, 1.54) is 82.9 Å². The first-order valence-electron chi connectivity index (χ1n) is 20.3. The Hall–Kier alpha value is -6.65. The van der Waals surface area contributed by atoms with Crippen LogP contribution >= 0.6 is 0 Å². The molecule has 0 aliphatic rings. The van der Waals surface area contributed by atoms with Crippen molar-refractivity contribution < 1.29 is 0 Å². The average Bonchev–Trinajstić information content (AvgIpc) is 3.96. The van der Waals surface area contributed by atoms with Gasteiger partial charge in [0.05, 0.1) is 27.8 Å². The van der Waals surface area contributed by atoms with Crippen LogP contribution in [-0.4, -0.2) is 18.7 Å². The summed E-state index contributed by atoms with van der Waals surface area (Å²) in [4.78, 5) is 4.77. The summed E-state index contributed by atoms with van der Waals surface area (Å²) in [5, 5.41) is 5.10. The summed E-state index contributed by atoms with van der Waals surface area (Å²) in [6, 6.07) is 58.0. The van der Waals surface area contributed by atoms with E-state index < -0.39 is 0 Å². The van der Waals surface area contributed by atoms with Gasteiger partial charge in [0.15, 0.2) is 0 Å². The number of fused-ring (bicyclic) bond motifs is 6. The Balaban J connectivity index is 1.10. The van der Waals surface area contributed by atoms with E-state index in [-0.39, 0.29) is 0 Å². The number of imidazole rings is 1. The zero-order valence-electron chi connectivity index (χ0n) is 33.0. The topological polar surface area (TPSA) is 27.7 Å². The minimum Gasteiger partial charge on any atom is -0.309 e. The van der Waals surface area contributed by atoms with E-state index in [4.69, 9.17) is 4.98 Å². The third-order valence-corrected chi connectivity index (χ3v) is 12.2. The summed E-state index contributed by atoms with van der Waals surface area (Å²) in [6.07, 6.45) is 6.11. The SMILES string of the molecule is CCC(CC(C)c1cc(-n2c3ccccc3c3ccccc32)cc(-n2c3ccccc3c3ccccc32)c1)c1cc(C)c(-n2ccnc2-c2ccccc2)c(C)c1. The molecule has 4 nitrogen and oxygen atoms in total. The molecule has 0 saturated heterocycles. The van der Waals surface area contributed by atoms with Crippen LogP contribution in [0.2, 0.25) is 0 Å². The normalized spacial score (nSPS) is 12.9. The van der Waals surface area contributed by atoms with Gasteiger partial charge >= 0.3 is 0 Å². The molecule has 0 fully saturated rings. The van der Waals surface area contributed by atoms with E-state index in [2.05, 4.69) is 205 Å². The average molecular weight is 739 g/mol. The van der Waals surface area contributed by atoms with Gasteiger partial charge in [-0.3, -0.25) is 4.57 Å². The van der Waals surface area contributed by atoms with E-state index >= 15 is 0 Å². The van der Waals surface area contributed by atoms with Gasteiger partial charge in [-0.05, 0) is 103 Å². The predicted molar refractivity (Wildman–Crippen MR) is 240 cm³/mol. The molecule has 0 spiro atoms. The first-order valence-corrected chi connectivity index (χ1v) is 20.3. The van der Waals surface area contributed by atoms with E-state index in [9.17, 15) is 0 Å². The highest BCUT2D eigenvalue weighted by Gasteiger charge is 2.22. The maximum atomic E-state index is 4.77. The highest BCUT2D eigenvalue weighted by molar-refractivity contribution is 6.10. The van der Waals surface area contributed by atoms with Crippen LogP contribution in [-0.2, 0) is 0 Å². The molecule has 0 aliphatic heterocycles. The fourth-order valence-corrected chi connectivity index (χ4v) is 9.55. The van der Waals surface area contributed by atoms with Crippen LogP contribution in [0.15, 0.2) is 170 Å². The summed E-state index contributed by atoms with van der Waals surface area (Å²) in [6.45, 7) is 9.28. The van der Waals surface area contributed by atoms with Crippen molar-refractivity contribution in [2.75, 3.05) is 0 Å². The highest BCUT2D eigenvalue weighted by Crippen LogP contribution is 2.40. The van der Waals surface area contributed by atoms with Crippen LogP contribution in [0, 0.1) is 13.8 Å². The number of aromatic nitrogens is 4. The third kappa shape index (κ3) is 5.87. The van der Waals surface area contributed by atoms with Gasteiger partial charge in [-0.15, -0.1) is 0 Å². The van der Waals surface area contributed by atoms with Crippen LogP contribution < -0.4 is 0 Å². The molecule has 3 aromatic heterocycles. The van der Waals surface area contributed by atoms with E-state index in [1.807, 2.05) is 6.20 Å². The van der Waals surface area contributed by atoms with Gasteiger partial charge in [0.1, 0.15) is 5.82 Å². The molecule has 4 heteroatoms. The number of rotatable bonds is 9. The van der Waals surface area contributed by atoms with Crippen molar-refractivity contribution in [3.8, 4) is 28.5 Å². The number of para-hydroxylation sites is 4. The molecule has 0 aliphatic carbocycles. The first-order chi connectivity index (χ1) is 28.0. The highest BCUT2D eigenvalue weighted by atomic mass is 15.1. The Morgan fingerprint density at radius 2 is 0.982 bits per heavy atom. The fourth-order valence-electron chi connectivity index (χ4n) is 9.55. The minimum absolute atomic E-state index is 0.299. The Morgan fingerprint density at radius 3 is 1.46 bits per heavy atom. The van der Waals surface area contributed by atoms with Crippen molar-refractivity contribution in [1.82, 2.24) is 18.7 Å². The second-order valence-electron chi connectivity index (χ2n) is 15.8. The molecular weight excluding hydrogens is 693 g/mol. The van der Waals surface area contributed by atoms with Crippen LogP contribution in [0.3, 0.4) is 0 Å². The molecule has 2 unspecified atom stereocenters. The van der Waals surface area contributed by atoms with Crippen LogP contribution in [0.5, 0.6) is 0 Å². The molecule has 7 aromatic carbocycles. The summed E-state index contributed by atoms with van der Waals surface area (Å²) >= 11 is 0. The molecule has 2 atom stereocenters. The molecule has 3 heterocycles. The monoisotopic (exact) mass is 738 g/mol. The van der Waals surface area contributed by atoms with Crippen molar-refractivity contribution >= 4 is 43.6 Å². The second-order valence-corrected chi connectivity index (χ2v) is 15.8. The van der Waals surface area contributed by atoms with Crippen molar-refractivity contribution in [1.29, 1.82) is 0 Å². The van der Waals surface area contributed by atoms with Crippen molar-refractivity contribution in [3.63, 3.8) is 0 Å². The maximum Gasteiger partial charge on any atom is 0.144 e. The van der Waals surface area contributed by atoms with Gasteiger partial charge in [0, 0.05) is 50.9 Å². The van der Waals surface area contributed by atoms with E-state index in [1.54, 1.807) is 0 Å². The Kier molecular flexibility index (Phi) is 8.63. The third-order valence-electron chi connectivity index (χ3n) is 12.2. The largest absolute Gasteiger partial charge is 0.309 e. The lowest BCUT2D eigenvalue weighted by atomic mass is 9.83. The molecule has 0 radical (unpaired) electrons. The molecule has 0 saturated carbocycles. The van der Waals surface area contributed by atoms with Gasteiger partial charge in [-0.1, -0.05) is 129 Å². The van der Waals surface area contributed by atoms with Gasteiger partial charge in [0.25, 0.3) is 0 Å². The first kappa shape index (κ1) is 34.8. The lowest BCUT2D eigenvalue weighted by Gasteiger charge is -2.24. The molecule has 10 aromatic rings. The van der Waals surface area contributed by atoms with Crippen LogP contribution in [0.25, 0.3) is 72.1 Å². The number of nitrogens with zero attached hydrogens (tertiary/aromatic N) is 4. The Morgan fingerprint density at radius 1 is 0.526 bits per heavy atom. The summed E-state index contributed by atoms with van der Waals surface area (Å²) in [7, 11) is 0. The smallest absolute Gasteiger partial charge is 0.144 e. The fraction of sp³-hybridized carbons (Fsp3) is 0.151. The number of hydrogen-bond acceptors (Lipinski definition) is 1. The van der Waals surface area contributed by atoms with Gasteiger partial charge < -0.3 is 9.13 Å². The number of aryl methyl sites for hydroxylation is 2. The number of benzene rings is 7. The van der Waals surface area contributed by atoms with E-state index in [0.717, 1.165) is 24.2 Å². The molecule has 10 rings (SSSR count). The molecule has 278 valence electrons. The second kappa shape index (κ2) is 14.1. The minimum atomic E-state index is 0.299. The molecule has 0 bridgehead atoms. The molecule has 0 amide bonds. The molecular formula is C53H46N4. The standard InChI is InChI=1S/C53H46N4/c1-5-38(41-30-36(3)52(37(4)31-41)55-28-27-54-53(55)39-17-7-6-8-18-39)29-35(2)40-32-42(56-48-23-13-9-19-44(48)45-20-10-14-24-49(45)56)34-43(33-40)57-50-25-15-11-21-46(50)47-22-12-16-26-51(47)57/h6-28,30-35,38H,5,29H2,1-4H3. The van der Waals surface area contributed by atoms with Gasteiger partial charge in [-0.2, -0.15) is 0 Å². The van der Waals surface area contributed by atoms with Gasteiger partial charge in [-0.25, -0.2) is 4.98 Å². The lowest BCUT2D eigenvalue weighted by Crippen LogP contribution is -2.08. The van der Waals surface area contributed by atoms with Gasteiger partial charge in [0.2, 0.25) is 0 Å². The summed E-state index contributed by atoms with van der Waals surface area (Å²) < 4.78 is 7.20. The van der Waals surface area contributed by atoms with Crippen LogP contribution in [0.1, 0.15) is 60.8 Å². The quantitative estimate of drug-likeness (QED) is 0.145. The summed E-state index contributed by atoms with van der Waals surface area (Å²) in [5.74, 6) is 1.67. The van der Waals surface area contributed by atoms with Crippen LogP contribution in [0.4, 0.5) is 0 Å². The zero-order chi connectivity index (χ0) is 38.6. The number of hydrogen-bond donors (Lipinski definition) is 0.